The molecule has 0 radical (unpaired) electrons. The van der Waals surface area contributed by atoms with Crippen LogP contribution in [-0.2, 0) is 10.2 Å². The van der Waals surface area contributed by atoms with Gasteiger partial charge >= 0.3 is 0 Å². The van der Waals surface area contributed by atoms with Crippen LogP contribution in [0, 0.1) is 5.41 Å². The van der Waals surface area contributed by atoms with E-state index in [9.17, 15) is 4.79 Å². The number of nitrogens with two attached hydrogens (primary N) is 1. The molecule has 3 nitrogen and oxygen atoms in total. The number of nitrogens with zero attached hydrogens (tertiary/aromatic N) is 1. The van der Waals surface area contributed by atoms with Gasteiger partial charge in [0.2, 0.25) is 5.91 Å². The van der Waals surface area contributed by atoms with Crippen LogP contribution in [0.5, 0.6) is 0 Å². The average molecular weight is 327 g/mol. The van der Waals surface area contributed by atoms with Crippen molar-refractivity contribution < 1.29 is 4.79 Å². The van der Waals surface area contributed by atoms with E-state index in [-0.39, 0.29) is 23.7 Å². The van der Waals surface area contributed by atoms with Gasteiger partial charge < -0.3 is 10.6 Å². The fourth-order valence-electron chi connectivity index (χ4n) is 2.99. The first-order chi connectivity index (χ1) is 9.83. The number of hydrogen-bond acceptors (Lipinski definition) is 2. The summed E-state index contributed by atoms with van der Waals surface area (Å²) < 4.78 is 0. The molecule has 0 aliphatic rings. The Morgan fingerprint density at radius 2 is 1.64 bits per heavy atom. The van der Waals surface area contributed by atoms with Gasteiger partial charge in [-0.1, -0.05) is 58.0 Å². The number of likely N-dealkylation sites (N-methyl/N-ethyl adjacent to an activating group) is 1. The van der Waals surface area contributed by atoms with Crippen LogP contribution in [0.4, 0.5) is 0 Å². The van der Waals surface area contributed by atoms with E-state index < -0.39 is 5.41 Å². The molecule has 0 unspecified atom stereocenters. The molecule has 4 heteroatoms. The third-order valence-corrected chi connectivity index (χ3v) is 4.51. The Balaban J connectivity index is 0.00000441. The van der Waals surface area contributed by atoms with Crippen molar-refractivity contribution in [1.29, 1.82) is 0 Å². The second-order valence-electron chi connectivity index (χ2n) is 6.68. The van der Waals surface area contributed by atoms with Gasteiger partial charge in [-0.2, -0.15) is 0 Å². The van der Waals surface area contributed by atoms with E-state index in [1.165, 1.54) is 0 Å². The van der Waals surface area contributed by atoms with Gasteiger partial charge in [0.15, 0.2) is 0 Å². The van der Waals surface area contributed by atoms with Crippen molar-refractivity contribution in [3.8, 4) is 0 Å². The molecule has 0 saturated carbocycles. The van der Waals surface area contributed by atoms with Crippen LogP contribution in [0.25, 0.3) is 0 Å². The molecule has 0 bridgehead atoms. The lowest BCUT2D eigenvalue weighted by Crippen LogP contribution is -2.48. The minimum Gasteiger partial charge on any atom is -0.344 e. The summed E-state index contributed by atoms with van der Waals surface area (Å²) in [4.78, 5) is 15.0. The first kappa shape index (κ1) is 20.9. The highest BCUT2D eigenvalue weighted by molar-refractivity contribution is 5.88. The summed E-state index contributed by atoms with van der Waals surface area (Å²) >= 11 is 0. The van der Waals surface area contributed by atoms with Crippen LogP contribution >= 0.6 is 12.4 Å². The van der Waals surface area contributed by atoms with E-state index in [1.807, 2.05) is 30.1 Å². The number of rotatable bonds is 7. The summed E-state index contributed by atoms with van der Waals surface area (Å²) in [6.45, 7) is 9.63. The SMILES string of the molecule is CCC(CC)(C(=O)N(C)CC(C)(C)CN)c1ccccc1.Cl. The van der Waals surface area contributed by atoms with E-state index in [0.717, 1.165) is 18.4 Å². The Kier molecular flexibility index (Phi) is 8.13. The highest BCUT2D eigenvalue weighted by Crippen LogP contribution is 2.34. The first-order valence-electron chi connectivity index (χ1n) is 7.84. The Hall–Kier alpha value is -1.06. The molecule has 0 heterocycles. The highest BCUT2D eigenvalue weighted by Gasteiger charge is 2.39. The summed E-state index contributed by atoms with van der Waals surface area (Å²) in [6, 6.07) is 10.1. The van der Waals surface area contributed by atoms with Crippen molar-refractivity contribution in [2.75, 3.05) is 20.1 Å². The lowest BCUT2D eigenvalue weighted by molar-refractivity contribution is -0.137. The van der Waals surface area contributed by atoms with E-state index in [4.69, 9.17) is 5.73 Å². The van der Waals surface area contributed by atoms with Crippen molar-refractivity contribution >= 4 is 18.3 Å². The van der Waals surface area contributed by atoms with E-state index >= 15 is 0 Å². The quantitative estimate of drug-likeness (QED) is 0.832. The first-order valence-corrected chi connectivity index (χ1v) is 7.84. The number of halogens is 1. The third kappa shape index (κ3) is 4.47. The highest BCUT2D eigenvalue weighted by atomic mass is 35.5. The molecule has 0 spiro atoms. The Morgan fingerprint density at radius 3 is 2.05 bits per heavy atom. The Morgan fingerprint density at radius 1 is 1.14 bits per heavy atom. The van der Waals surface area contributed by atoms with Gasteiger partial charge in [-0.3, -0.25) is 4.79 Å². The molecule has 1 amide bonds. The van der Waals surface area contributed by atoms with Crippen molar-refractivity contribution in [2.45, 2.75) is 46.0 Å². The van der Waals surface area contributed by atoms with E-state index in [2.05, 4.69) is 39.8 Å². The molecule has 1 aromatic rings. The second kappa shape index (κ2) is 8.54. The minimum absolute atomic E-state index is 0. The molecule has 2 N–H and O–H groups in total. The van der Waals surface area contributed by atoms with E-state index in [1.54, 1.807) is 0 Å². The lowest BCUT2D eigenvalue weighted by atomic mass is 9.74. The monoisotopic (exact) mass is 326 g/mol. The zero-order chi connectivity index (χ0) is 16.1. The maximum atomic E-state index is 13.1. The third-order valence-electron chi connectivity index (χ3n) is 4.51. The van der Waals surface area contributed by atoms with Crippen LogP contribution in [0.2, 0.25) is 0 Å². The number of carbonyl (C=O) groups is 1. The molecular formula is C18H31ClN2O. The Bertz CT molecular complexity index is 455. The lowest BCUT2D eigenvalue weighted by Gasteiger charge is -2.38. The van der Waals surface area contributed by atoms with Crippen LogP contribution in [-0.4, -0.2) is 30.9 Å². The maximum absolute atomic E-state index is 13.1. The van der Waals surface area contributed by atoms with Gasteiger partial charge in [-0.15, -0.1) is 12.4 Å². The molecule has 0 aromatic heterocycles. The summed E-state index contributed by atoms with van der Waals surface area (Å²) in [5, 5.41) is 0. The van der Waals surface area contributed by atoms with Crippen LogP contribution in [0.1, 0.15) is 46.1 Å². The fraction of sp³-hybridized carbons (Fsp3) is 0.611. The molecule has 0 aliphatic carbocycles. The van der Waals surface area contributed by atoms with Gasteiger partial charge in [0.05, 0.1) is 5.41 Å². The van der Waals surface area contributed by atoms with Gasteiger partial charge in [0, 0.05) is 13.6 Å². The predicted molar refractivity (Wildman–Crippen MR) is 96.4 cm³/mol. The van der Waals surface area contributed by atoms with Crippen molar-refractivity contribution in [3.05, 3.63) is 35.9 Å². The zero-order valence-electron chi connectivity index (χ0n) is 14.6. The molecule has 0 aliphatic heterocycles. The molecule has 0 fully saturated rings. The minimum atomic E-state index is -0.430. The van der Waals surface area contributed by atoms with Crippen LogP contribution in [0.3, 0.4) is 0 Å². The largest absolute Gasteiger partial charge is 0.344 e. The standard InChI is InChI=1S/C18H30N2O.ClH/c1-6-18(7-2,15-11-9-8-10-12-15)16(21)20(5)14-17(3,4)13-19;/h8-12H,6-7,13-14,19H2,1-5H3;1H. The van der Waals surface area contributed by atoms with Crippen LogP contribution in [0.15, 0.2) is 30.3 Å². The van der Waals surface area contributed by atoms with Gasteiger partial charge in [0.25, 0.3) is 0 Å². The maximum Gasteiger partial charge on any atom is 0.232 e. The number of carbonyl (C=O) groups excluding carboxylic acids is 1. The molecule has 126 valence electrons. The van der Waals surface area contributed by atoms with Crippen molar-refractivity contribution in [3.63, 3.8) is 0 Å². The molecule has 0 saturated heterocycles. The predicted octanol–water partition coefficient (Wildman–Crippen LogP) is 3.61. The average Bonchev–Trinajstić information content (AvgIpc) is 2.49. The molecule has 22 heavy (non-hydrogen) atoms. The van der Waals surface area contributed by atoms with Crippen molar-refractivity contribution in [2.24, 2.45) is 11.1 Å². The topological polar surface area (TPSA) is 46.3 Å². The van der Waals surface area contributed by atoms with Crippen LogP contribution < -0.4 is 5.73 Å². The summed E-state index contributed by atoms with van der Waals surface area (Å²) in [7, 11) is 1.89. The molecule has 0 atom stereocenters. The molecule has 1 aromatic carbocycles. The fourth-order valence-corrected chi connectivity index (χ4v) is 2.99. The van der Waals surface area contributed by atoms with Gasteiger partial charge in [-0.25, -0.2) is 0 Å². The van der Waals surface area contributed by atoms with E-state index in [0.29, 0.717) is 13.1 Å². The summed E-state index contributed by atoms with van der Waals surface area (Å²) in [5.74, 6) is 0.195. The normalized spacial score (nSPS) is 11.7. The summed E-state index contributed by atoms with van der Waals surface area (Å²) in [5.41, 5.74) is 6.42. The number of hydrogen-bond donors (Lipinski definition) is 1. The Labute approximate surface area is 141 Å². The molecule has 1 rings (SSSR count). The molecular weight excluding hydrogens is 296 g/mol. The zero-order valence-corrected chi connectivity index (χ0v) is 15.4. The van der Waals surface area contributed by atoms with Gasteiger partial charge in [0.1, 0.15) is 0 Å². The number of benzene rings is 1. The number of amides is 1. The van der Waals surface area contributed by atoms with Gasteiger partial charge in [-0.05, 0) is 30.4 Å². The van der Waals surface area contributed by atoms with Crippen molar-refractivity contribution in [1.82, 2.24) is 4.90 Å². The smallest absolute Gasteiger partial charge is 0.232 e. The second-order valence-corrected chi connectivity index (χ2v) is 6.68. The summed E-state index contributed by atoms with van der Waals surface area (Å²) in [6.07, 6.45) is 1.61.